The van der Waals surface area contributed by atoms with Crippen LogP contribution in [0.1, 0.15) is 37.7 Å². The number of nitrogens with zero attached hydrogens (tertiary/aromatic N) is 1. The highest BCUT2D eigenvalue weighted by Gasteiger charge is 2.32. The Morgan fingerprint density at radius 1 is 1.10 bits per heavy atom. The fraction of sp³-hybridized carbons (Fsp3) is 0.647. The van der Waals surface area contributed by atoms with Gasteiger partial charge >= 0.3 is 0 Å². The Labute approximate surface area is 120 Å². The predicted molar refractivity (Wildman–Crippen MR) is 78.0 cm³/mol. The molecule has 1 aromatic rings. The van der Waals surface area contributed by atoms with Gasteiger partial charge in [-0.25, -0.2) is 4.39 Å². The van der Waals surface area contributed by atoms with Gasteiger partial charge in [-0.05, 0) is 43.4 Å². The highest BCUT2D eigenvalue weighted by molar-refractivity contribution is 5.17. The van der Waals surface area contributed by atoms with Crippen LogP contribution < -0.4 is 0 Å². The van der Waals surface area contributed by atoms with E-state index < -0.39 is 0 Å². The minimum atomic E-state index is -0.210. The first-order valence-corrected chi connectivity index (χ1v) is 7.89. The molecule has 0 amide bonds. The van der Waals surface area contributed by atoms with Crippen LogP contribution in [0.5, 0.6) is 0 Å². The molecule has 20 heavy (non-hydrogen) atoms. The number of hydrogen-bond acceptors (Lipinski definition) is 2. The smallest absolute Gasteiger partial charge is 0.123 e. The molecule has 1 N–H and O–H groups in total. The van der Waals surface area contributed by atoms with Crippen molar-refractivity contribution in [2.24, 2.45) is 5.92 Å². The molecule has 0 spiro atoms. The van der Waals surface area contributed by atoms with Crippen molar-refractivity contribution in [1.29, 1.82) is 0 Å². The molecule has 1 aliphatic heterocycles. The standard InChI is InChI=1S/C17H24FNO/c18-15-7-5-13(6-8-15)11-14-12-19(10-9-17(14)20)16-3-1-2-4-16/h5-8,14,16-17,20H,1-4,9-12H2/t14-,17+/m1/s1. The Kier molecular flexibility index (Phi) is 4.37. The molecule has 1 saturated heterocycles. The summed E-state index contributed by atoms with van der Waals surface area (Å²) in [4.78, 5) is 2.58. The van der Waals surface area contributed by atoms with Crippen LogP contribution in [0.3, 0.4) is 0 Å². The number of halogens is 1. The molecule has 2 aliphatic rings. The molecule has 2 nitrogen and oxygen atoms in total. The van der Waals surface area contributed by atoms with Crippen molar-refractivity contribution >= 4 is 0 Å². The molecule has 110 valence electrons. The fourth-order valence-corrected chi connectivity index (χ4v) is 3.77. The minimum absolute atomic E-state index is 0.189. The second-order valence-corrected chi connectivity index (χ2v) is 6.38. The van der Waals surface area contributed by atoms with E-state index in [9.17, 15) is 9.50 Å². The number of benzene rings is 1. The Morgan fingerprint density at radius 2 is 1.80 bits per heavy atom. The zero-order valence-electron chi connectivity index (χ0n) is 12.0. The van der Waals surface area contributed by atoms with E-state index in [4.69, 9.17) is 0 Å². The normalized spacial score (nSPS) is 28.9. The van der Waals surface area contributed by atoms with E-state index in [-0.39, 0.29) is 17.8 Å². The number of hydrogen-bond donors (Lipinski definition) is 1. The molecular weight excluding hydrogens is 253 g/mol. The summed E-state index contributed by atoms with van der Waals surface area (Å²) in [6.45, 7) is 2.02. The maximum atomic E-state index is 13.0. The number of rotatable bonds is 3. The maximum absolute atomic E-state index is 13.0. The lowest BCUT2D eigenvalue weighted by molar-refractivity contribution is 0.0108. The summed E-state index contributed by atoms with van der Waals surface area (Å²) in [5, 5.41) is 10.2. The van der Waals surface area contributed by atoms with Crippen molar-refractivity contribution in [2.75, 3.05) is 13.1 Å². The highest BCUT2D eigenvalue weighted by atomic mass is 19.1. The largest absolute Gasteiger partial charge is 0.393 e. The van der Waals surface area contributed by atoms with Gasteiger partial charge in [0.25, 0.3) is 0 Å². The number of aliphatic hydroxyl groups is 1. The van der Waals surface area contributed by atoms with Crippen molar-refractivity contribution in [3.63, 3.8) is 0 Å². The van der Waals surface area contributed by atoms with E-state index in [1.807, 2.05) is 12.1 Å². The van der Waals surface area contributed by atoms with Gasteiger partial charge in [-0.2, -0.15) is 0 Å². The average molecular weight is 277 g/mol. The third-order valence-corrected chi connectivity index (χ3v) is 4.98. The Bertz CT molecular complexity index is 427. The van der Waals surface area contributed by atoms with Crippen LogP contribution in [0.4, 0.5) is 4.39 Å². The first kappa shape index (κ1) is 14.0. The van der Waals surface area contributed by atoms with Crippen LogP contribution in [0, 0.1) is 11.7 Å². The van der Waals surface area contributed by atoms with Gasteiger partial charge in [-0.15, -0.1) is 0 Å². The van der Waals surface area contributed by atoms with E-state index in [0.29, 0.717) is 0 Å². The summed E-state index contributed by atoms with van der Waals surface area (Å²) in [5.74, 6) is 0.0975. The van der Waals surface area contributed by atoms with Gasteiger partial charge < -0.3 is 5.11 Å². The van der Waals surface area contributed by atoms with Crippen molar-refractivity contribution in [2.45, 2.75) is 50.7 Å². The molecule has 3 rings (SSSR count). The maximum Gasteiger partial charge on any atom is 0.123 e. The van der Waals surface area contributed by atoms with Gasteiger partial charge in [-0.1, -0.05) is 25.0 Å². The van der Waals surface area contributed by atoms with E-state index >= 15 is 0 Å². The summed E-state index contributed by atoms with van der Waals surface area (Å²) in [6.07, 6.45) is 6.86. The molecule has 3 heteroatoms. The van der Waals surface area contributed by atoms with E-state index in [1.165, 1.54) is 37.8 Å². The van der Waals surface area contributed by atoms with Gasteiger partial charge in [0.05, 0.1) is 6.10 Å². The zero-order chi connectivity index (χ0) is 13.9. The monoisotopic (exact) mass is 277 g/mol. The predicted octanol–water partition coefficient (Wildman–Crippen LogP) is 2.99. The minimum Gasteiger partial charge on any atom is -0.393 e. The van der Waals surface area contributed by atoms with E-state index in [1.54, 1.807) is 0 Å². The molecule has 2 atom stereocenters. The summed E-state index contributed by atoms with van der Waals surface area (Å²) >= 11 is 0. The second kappa shape index (κ2) is 6.23. The van der Waals surface area contributed by atoms with Crippen molar-refractivity contribution < 1.29 is 9.50 Å². The summed E-state index contributed by atoms with van der Waals surface area (Å²) in [5.41, 5.74) is 1.13. The summed E-state index contributed by atoms with van der Waals surface area (Å²) in [7, 11) is 0. The lowest BCUT2D eigenvalue weighted by Gasteiger charge is -2.39. The number of aliphatic hydroxyl groups excluding tert-OH is 1. The topological polar surface area (TPSA) is 23.5 Å². The van der Waals surface area contributed by atoms with Gasteiger partial charge in [-0.3, -0.25) is 4.90 Å². The van der Waals surface area contributed by atoms with Crippen LogP contribution in [0.2, 0.25) is 0 Å². The first-order valence-electron chi connectivity index (χ1n) is 7.89. The molecule has 2 fully saturated rings. The third-order valence-electron chi connectivity index (χ3n) is 4.98. The van der Waals surface area contributed by atoms with E-state index in [2.05, 4.69) is 4.90 Å². The Balaban J connectivity index is 1.62. The zero-order valence-corrected chi connectivity index (χ0v) is 12.0. The van der Waals surface area contributed by atoms with Crippen LogP contribution in [0.25, 0.3) is 0 Å². The van der Waals surface area contributed by atoms with Gasteiger partial charge in [0, 0.05) is 25.0 Å². The molecule has 0 aromatic heterocycles. The van der Waals surface area contributed by atoms with Crippen LogP contribution in [-0.2, 0) is 6.42 Å². The van der Waals surface area contributed by atoms with Gasteiger partial charge in [0.15, 0.2) is 0 Å². The second-order valence-electron chi connectivity index (χ2n) is 6.38. The molecule has 1 saturated carbocycles. The Hall–Kier alpha value is -0.930. The number of piperidine rings is 1. The van der Waals surface area contributed by atoms with E-state index in [0.717, 1.165) is 37.5 Å². The quantitative estimate of drug-likeness (QED) is 0.918. The molecular formula is C17H24FNO. The molecule has 0 radical (unpaired) electrons. The van der Waals surface area contributed by atoms with Gasteiger partial charge in [0.1, 0.15) is 5.82 Å². The highest BCUT2D eigenvalue weighted by Crippen LogP contribution is 2.29. The van der Waals surface area contributed by atoms with Crippen LogP contribution in [0.15, 0.2) is 24.3 Å². The lowest BCUT2D eigenvalue weighted by atomic mass is 9.88. The van der Waals surface area contributed by atoms with Crippen LogP contribution in [-0.4, -0.2) is 35.2 Å². The van der Waals surface area contributed by atoms with Crippen molar-refractivity contribution in [3.8, 4) is 0 Å². The summed E-state index contributed by atoms with van der Waals surface area (Å²) < 4.78 is 13.0. The molecule has 0 bridgehead atoms. The third kappa shape index (κ3) is 3.21. The first-order chi connectivity index (χ1) is 9.72. The molecule has 0 unspecified atom stereocenters. The Morgan fingerprint density at radius 3 is 2.50 bits per heavy atom. The molecule has 1 heterocycles. The average Bonchev–Trinajstić information content (AvgIpc) is 2.98. The number of likely N-dealkylation sites (tertiary alicyclic amines) is 1. The van der Waals surface area contributed by atoms with Gasteiger partial charge in [0.2, 0.25) is 0 Å². The van der Waals surface area contributed by atoms with Crippen molar-refractivity contribution in [3.05, 3.63) is 35.6 Å². The summed E-state index contributed by atoms with van der Waals surface area (Å²) in [6, 6.07) is 7.45. The van der Waals surface area contributed by atoms with Crippen molar-refractivity contribution in [1.82, 2.24) is 4.90 Å². The van der Waals surface area contributed by atoms with Crippen LogP contribution >= 0.6 is 0 Å². The fourth-order valence-electron chi connectivity index (χ4n) is 3.77. The lowest BCUT2D eigenvalue weighted by Crippen LogP contribution is -2.47. The SMILES string of the molecule is O[C@H]1CCN(C2CCCC2)C[C@H]1Cc1ccc(F)cc1. The molecule has 1 aliphatic carbocycles. The molecule has 1 aromatic carbocycles.